The predicted molar refractivity (Wildman–Crippen MR) is 150 cm³/mol. The van der Waals surface area contributed by atoms with Crippen LogP contribution in [-0.2, 0) is 26.5 Å². The van der Waals surface area contributed by atoms with E-state index in [1.165, 1.54) is 0 Å². The molecule has 2 aromatic carbocycles. The van der Waals surface area contributed by atoms with Crippen molar-refractivity contribution < 1.29 is 24.2 Å². The van der Waals surface area contributed by atoms with Crippen molar-refractivity contribution in [2.24, 2.45) is 5.92 Å². The topological polar surface area (TPSA) is 90.3 Å². The van der Waals surface area contributed by atoms with Crippen LogP contribution in [0.25, 0.3) is 0 Å². The number of nitrogens with zero attached hydrogens (tertiary/aromatic N) is 2. The molecule has 3 aliphatic rings. The molecule has 0 bridgehead atoms. The van der Waals surface area contributed by atoms with Crippen LogP contribution >= 0.6 is 0 Å². The summed E-state index contributed by atoms with van der Waals surface area (Å²) >= 11 is 0. The van der Waals surface area contributed by atoms with Crippen molar-refractivity contribution in [3.05, 3.63) is 59.7 Å². The number of carbonyl (C=O) groups excluding carboxylic acids is 2. The molecule has 3 aliphatic heterocycles. The highest BCUT2D eigenvalue weighted by Gasteiger charge is 2.66. The maximum absolute atomic E-state index is 14.5. The van der Waals surface area contributed by atoms with Crippen LogP contribution in [0, 0.1) is 5.92 Å². The van der Waals surface area contributed by atoms with Gasteiger partial charge in [-0.1, -0.05) is 50.1 Å². The number of hydrogen-bond acceptors (Lipinski definition) is 5. The number of benzene rings is 2. The lowest BCUT2D eigenvalue weighted by atomic mass is 9.82. The first-order chi connectivity index (χ1) is 18.2. The largest absolute Gasteiger partial charge is 0.432 e. The molecule has 0 aliphatic carbocycles. The smallest absolute Gasteiger partial charge is 0.264 e. The molecule has 2 amide bonds. The predicted octanol–water partition coefficient (Wildman–Crippen LogP) is 4.71. The van der Waals surface area contributed by atoms with Crippen molar-refractivity contribution in [1.82, 2.24) is 0 Å². The van der Waals surface area contributed by atoms with E-state index >= 15 is 0 Å². The molecule has 38 heavy (non-hydrogen) atoms. The van der Waals surface area contributed by atoms with E-state index in [2.05, 4.69) is 0 Å². The van der Waals surface area contributed by atoms with Crippen LogP contribution in [0.2, 0.25) is 18.6 Å². The Labute approximate surface area is 226 Å². The summed E-state index contributed by atoms with van der Waals surface area (Å²) in [5.74, 6) is -0.316. The van der Waals surface area contributed by atoms with Crippen molar-refractivity contribution in [2.45, 2.75) is 82.3 Å². The lowest BCUT2D eigenvalue weighted by Gasteiger charge is -2.33. The molecule has 2 fully saturated rings. The first kappa shape index (κ1) is 27.1. The Morgan fingerprint density at radius 3 is 2.50 bits per heavy atom. The molecule has 7 nitrogen and oxygen atoms in total. The number of aliphatic hydroxyl groups excluding tert-OH is 1. The highest BCUT2D eigenvalue weighted by atomic mass is 28.4. The zero-order valence-corrected chi connectivity index (χ0v) is 23.7. The Kier molecular flexibility index (Phi) is 7.52. The fourth-order valence-electron chi connectivity index (χ4n) is 6.99. The van der Waals surface area contributed by atoms with Gasteiger partial charge in [0, 0.05) is 42.3 Å². The maximum atomic E-state index is 14.5. The average molecular weight is 537 g/mol. The van der Waals surface area contributed by atoms with Crippen molar-refractivity contribution in [3.8, 4) is 0 Å². The summed E-state index contributed by atoms with van der Waals surface area (Å²) in [6, 6.07) is 15.8. The van der Waals surface area contributed by atoms with Crippen molar-refractivity contribution in [2.75, 3.05) is 23.0 Å². The van der Waals surface area contributed by atoms with Gasteiger partial charge in [0.1, 0.15) is 0 Å². The van der Waals surface area contributed by atoms with Crippen LogP contribution in [0.4, 0.5) is 11.4 Å². The minimum Gasteiger partial charge on any atom is -0.432 e. The molecule has 0 saturated carbocycles. The van der Waals surface area contributed by atoms with Gasteiger partial charge >= 0.3 is 0 Å². The molecular weight excluding hydrogens is 496 g/mol. The minimum absolute atomic E-state index is 0.0778. The second-order valence-electron chi connectivity index (χ2n) is 11.7. The number of anilines is 2. The van der Waals surface area contributed by atoms with Crippen molar-refractivity contribution in [1.29, 1.82) is 0 Å². The maximum Gasteiger partial charge on any atom is 0.264 e. The highest BCUT2D eigenvalue weighted by Crippen LogP contribution is 2.60. The normalized spacial score (nSPS) is 28.1. The first-order valence-electron chi connectivity index (χ1n) is 14.0. The summed E-state index contributed by atoms with van der Waals surface area (Å²) in [5, 5.41) is 9.84. The van der Waals surface area contributed by atoms with Crippen molar-refractivity contribution in [3.63, 3.8) is 0 Å². The van der Waals surface area contributed by atoms with Gasteiger partial charge in [-0.15, -0.1) is 0 Å². The summed E-state index contributed by atoms with van der Waals surface area (Å²) in [5.41, 5.74) is 1.86. The van der Waals surface area contributed by atoms with Crippen LogP contribution < -0.4 is 9.80 Å². The van der Waals surface area contributed by atoms with E-state index in [1.54, 1.807) is 4.90 Å². The Morgan fingerprint density at radius 2 is 1.79 bits per heavy atom. The summed E-state index contributed by atoms with van der Waals surface area (Å²) in [7, 11) is -2.77. The number of hydrogen-bond donors (Lipinski definition) is 2. The number of fused-ring (bicyclic) bond motifs is 2. The zero-order chi connectivity index (χ0) is 27.1. The molecule has 3 heterocycles. The molecule has 2 saturated heterocycles. The van der Waals surface area contributed by atoms with Gasteiger partial charge in [0.25, 0.3) is 5.91 Å². The van der Waals surface area contributed by atoms with Crippen LogP contribution in [0.5, 0.6) is 0 Å². The lowest BCUT2D eigenvalue weighted by Crippen LogP contribution is -2.46. The number of amides is 2. The number of rotatable bonds is 6. The molecule has 0 unspecified atom stereocenters. The van der Waals surface area contributed by atoms with Gasteiger partial charge in [0.2, 0.25) is 5.91 Å². The van der Waals surface area contributed by atoms with E-state index < -0.39 is 20.0 Å². The Balaban J connectivity index is 1.63. The second-order valence-corrected chi connectivity index (χ2v) is 15.6. The summed E-state index contributed by atoms with van der Waals surface area (Å²) < 4.78 is 6.74. The van der Waals surface area contributed by atoms with Gasteiger partial charge in [0.05, 0.1) is 18.3 Å². The summed E-state index contributed by atoms with van der Waals surface area (Å²) in [6.45, 7) is 6.77. The second kappa shape index (κ2) is 10.6. The molecule has 0 radical (unpaired) electrons. The molecule has 2 aromatic rings. The fraction of sp³-hybridized carbons (Fsp3) is 0.533. The van der Waals surface area contributed by atoms with Crippen LogP contribution in [-0.4, -0.2) is 49.3 Å². The lowest BCUT2D eigenvalue weighted by molar-refractivity contribution is -0.146. The number of carbonyl (C=O) groups is 2. The van der Waals surface area contributed by atoms with Gasteiger partial charge in [-0.25, -0.2) is 0 Å². The molecule has 8 heteroatoms. The summed E-state index contributed by atoms with van der Waals surface area (Å²) in [4.78, 5) is 42.5. The molecule has 4 atom stereocenters. The molecule has 0 aromatic heterocycles. The average Bonchev–Trinajstić information content (AvgIpc) is 3.29. The van der Waals surface area contributed by atoms with E-state index in [0.717, 1.165) is 48.2 Å². The molecular formula is C30H40N2O5Si. The van der Waals surface area contributed by atoms with Crippen LogP contribution in [0.3, 0.4) is 0 Å². The van der Waals surface area contributed by atoms with Gasteiger partial charge in [0.15, 0.2) is 13.9 Å². The standard InChI is InChI=1S/C30H40N2O5Si/c1-21-28(38(2,3)36)26(16-18-33)37-30(21)24-19-23(31-17-10-5-4-9-13-27(31)34)14-15-25(24)32(29(30)35)20-22-11-7-6-8-12-22/h6-8,11-12,14-15,19,21,26,28,33,36H,4-5,9-10,13,16-18,20H2,1-3H3/t21-,26+,28-,30+/m1/s1. The Hall–Kier alpha value is -2.52. The van der Waals surface area contributed by atoms with E-state index in [0.29, 0.717) is 25.9 Å². The minimum atomic E-state index is -2.77. The van der Waals surface area contributed by atoms with Gasteiger partial charge in [-0.2, -0.15) is 0 Å². The highest BCUT2D eigenvalue weighted by molar-refractivity contribution is 6.71. The molecule has 204 valence electrons. The fourth-order valence-corrected chi connectivity index (χ4v) is 9.59. The van der Waals surface area contributed by atoms with E-state index in [1.807, 2.05) is 73.4 Å². The van der Waals surface area contributed by atoms with Gasteiger partial charge in [-0.05, 0) is 56.1 Å². The van der Waals surface area contributed by atoms with Crippen LogP contribution in [0.15, 0.2) is 48.5 Å². The Morgan fingerprint density at radius 1 is 1.05 bits per heavy atom. The van der Waals surface area contributed by atoms with E-state index in [9.17, 15) is 19.5 Å². The summed E-state index contributed by atoms with van der Waals surface area (Å²) in [6.07, 6.45) is 4.48. The monoisotopic (exact) mass is 536 g/mol. The third-order valence-corrected chi connectivity index (χ3v) is 11.2. The first-order valence-corrected chi connectivity index (χ1v) is 17.0. The number of ether oxygens (including phenoxy) is 1. The molecule has 1 spiro atoms. The van der Waals surface area contributed by atoms with Gasteiger partial charge < -0.3 is 24.4 Å². The third-order valence-electron chi connectivity index (χ3n) is 8.70. The quantitative estimate of drug-likeness (QED) is 0.522. The van der Waals surface area contributed by atoms with Gasteiger partial charge in [-0.3, -0.25) is 9.59 Å². The van der Waals surface area contributed by atoms with E-state index in [-0.39, 0.29) is 29.9 Å². The zero-order valence-electron chi connectivity index (χ0n) is 22.7. The Bertz CT molecular complexity index is 1180. The molecule has 5 rings (SSSR count). The SMILES string of the molecule is C[C@@H]1[C@@H]([Si](C)(C)O)[C@H](CCO)O[C@@]12C(=O)N(Cc1ccccc1)c1ccc(N3CCCCCCC3=O)cc12. The third kappa shape index (κ3) is 4.61. The van der Waals surface area contributed by atoms with E-state index in [4.69, 9.17) is 4.74 Å². The number of aliphatic hydroxyl groups is 1. The van der Waals surface area contributed by atoms with Crippen LogP contribution in [0.1, 0.15) is 56.6 Å². The van der Waals surface area contributed by atoms with Crippen molar-refractivity contribution >= 4 is 31.5 Å². The molecule has 2 N–H and O–H groups in total.